The fraction of sp³-hybridized carbons (Fsp3) is 0.0714. The Bertz CT molecular complexity index is 848. The van der Waals surface area contributed by atoms with Crippen LogP contribution in [0.1, 0.15) is 15.2 Å². The zero-order valence-electron chi connectivity index (χ0n) is 11.0. The van der Waals surface area contributed by atoms with Gasteiger partial charge in [-0.15, -0.1) is 22.7 Å². The van der Waals surface area contributed by atoms with E-state index in [0.29, 0.717) is 5.13 Å². The molecule has 7 heteroatoms. The highest BCUT2D eigenvalue weighted by Crippen LogP contribution is 2.30. The molecular formula is C14H11N3O2S2. The predicted molar refractivity (Wildman–Crippen MR) is 85.2 cm³/mol. The third kappa shape index (κ3) is 2.93. The molecule has 0 saturated carbocycles. The van der Waals surface area contributed by atoms with Gasteiger partial charge in [-0.05, 0) is 31.2 Å². The lowest BCUT2D eigenvalue weighted by molar-refractivity contribution is 0.102. The van der Waals surface area contributed by atoms with Crippen LogP contribution in [0.25, 0.3) is 10.6 Å². The predicted octanol–water partition coefficient (Wildman–Crippen LogP) is 3.12. The molecule has 3 heterocycles. The number of thiophene rings is 1. The van der Waals surface area contributed by atoms with Crippen molar-refractivity contribution in [2.75, 3.05) is 5.32 Å². The quantitative estimate of drug-likeness (QED) is 0.779. The number of aromatic nitrogens is 2. The van der Waals surface area contributed by atoms with Crippen LogP contribution in [0.4, 0.5) is 5.13 Å². The Morgan fingerprint density at radius 3 is 2.90 bits per heavy atom. The average Bonchev–Trinajstić information content (AvgIpc) is 3.08. The summed E-state index contributed by atoms with van der Waals surface area (Å²) in [6.45, 7) is 2.03. The monoisotopic (exact) mass is 317 g/mol. The van der Waals surface area contributed by atoms with Crippen molar-refractivity contribution < 1.29 is 4.79 Å². The van der Waals surface area contributed by atoms with E-state index in [2.05, 4.69) is 15.3 Å². The number of anilines is 1. The van der Waals surface area contributed by atoms with Crippen molar-refractivity contribution in [2.24, 2.45) is 0 Å². The van der Waals surface area contributed by atoms with Gasteiger partial charge in [0.1, 0.15) is 5.56 Å². The molecular weight excluding hydrogens is 306 g/mol. The summed E-state index contributed by atoms with van der Waals surface area (Å²) < 4.78 is 0. The molecule has 2 N–H and O–H groups in total. The van der Waals surface area contributed by atoms with E-state index < -0.39 is 11.5 Å². The highest BCUT2D eigenvalue weighted by Gasteiger charge is 2.13. The largest absolute Gasteiger partial charge is 0.328 e. The van der Waals surface area contributed by atoms with Gasteiger partial charge in [0.15, 0.2) is 5.13 Å². The Hall–Kier alpha value is -2.25. The molecule has 3 rings (SSSR count). The lowest BCUT2D eigenvalue weighted by Crippen LogP contribution is -2.22. The Balaban J connectivity index is 1.80. The first kappa shape index (κ1) is 13.7. The molecule has 3 aromatic heterocycles. The minimum atomic E-state index is -0.458. The van der Waals surface area contributed by atoms with Gasteiger partial charge in [-0.25, -0.2) is 4.98 Å². The standard InChI is InChI=1S/C14H11N3O2S2/c1-8-4-5-11(21-8)10-7-20-14(16-10)17-13(19)9-3-2-6-15-12(9)18/h2-7H,1H3,(H,15,18)(H,16,17,19). The van der Waals surface area contributed by atoms with Gasteiger partial charge in [0.05, 0.1) is 10.6 Å². The SMILES string of the molecule is Cc1ccc(-c2csc(NC(=O)c3ccc[nH]c3=O)n2)s1. The Labute approximate surface area is 128 Å². The first-order valence-electron chi connectivity index (χ1n) is 6.15. The molecule has 106 valence electrons. The number of carbonyl (C=O) groups is 1. The molecule has 0 saturated heterocycles. The van der Waals surface area contributed by atoms with Crippen molar-refractivity contribution in [1.29, 1.82) is 0 Å². The molecule has 3 aromatic rings. The van der Waals surface area contributed by atoms with Gasteiger partial charge in [0.25, 0.3) is 11.5 Å². The topological polar surface area (TPSA) is 74.8 Å². The molecule has 0 aliphatic carbocycles. The highest BCUT2D eigenvalue weighted by molar-refractivity contribution is 7.17. The number of nitrogens with one attached hydrogen (secondary N) is 2. The average molecular weight is 317 g/mol. The van der Waals surface area contributed by atoms with E-state index in [1.165, 1.54) is 28.5 Å². The molecule has 0 spiro atoms. The molecule has 0 aromatic carbocycles. The Morgan fingerprint density at radius 1 is 1.33 bits per heavy atom. The molecule has 0 atom stereocenters. The number of thiazole rings is 1. The van der Waals surface area contributed by atoms with Crippen LogP contribution in [-0.2, 0) is 0 Å². The molecule has 21 heavy (non-hydrogen) atoms. The smallest absolute Gasteiger partial charge is 0.263 e. The highest BCUT2D eigenvalue weighted by atomic mass is 32.1. The third-order valence-electron chi connectivity index (χ3n) is 2.78. The first-order valence-corrected chi connectivity index (χ1v) is 7.84. The maximum Gasteiger partial charge on any atom is 0.263 e. The maximum absolute atomic E-state index is 12.0. The number of hydrogen-bond donors (Lipinski definition) is 2. The number of rotatable bonds is 3. The normalized spacial score (nSPS) is 10.5. The Kier molecular flexibility index (Phi) is 3.68. The number of H-pyrrole nitrogens is 1. The Morgan fingerprint density at radius 2 is 2.19 bits per heavy atom. The summed E-state index contributed by atoms with van der Waals surface area (Å²) in [7, 11) is 0. The van der Waals surface area contributed by atoms with Crippen LogP contribution in [0.5, 0.6) is 0 Å². The number of pyridine rings is 1. The van der Waals surface area contributed by atoms with Gasteiger partial charge in [-0.3, -0.25) is 14.9 Å². The van der Waals surface area contributed by atoms with Crippen LogP contribution in [0.2, 0.25) is 0 Å². The van der Waals surface area contributed by atoms with Crippen molar-refractivity contribution in [3.63, 3.8) is 0 Å². The van der Waals surface area contributed by atoms with Crippen molar-refractivity contribution in [1.82, 2.24) is 9.97 Å². The molecule has 0 aliphatic rings. The van der Waals surface area contributed by atoms with Gasteiger partial charge in [0.2, 0.25) is 0 Å². The number of amides is 1. The first-order chi connectivity index (χ1) is 10.1. The fourth-order valence-electron chi connectivity index (χ4n) is 1.78. The second-order valence-electron chi connectivity index (χ2n) is 4.32. The van der Waals surface area contributed by atoms with E-state index in [1.54, 1.807) is 17.4 Å². The second-order valence-corrected chi connectivity index (χ2v) is 6.46. The van der Waals surface area contributed by atoms with E-state index in [4.69, 9.17) is 0 Å². The van der Waals surface area contributed by atoms with E-state index in [9.17, 15) is 9.59 Å². The summed E-state index contributed by atoms with van der Waals surface area (Å²) in [5, 5.41) is 5.01. The molecule has 1 amide bonds. The van der Waals surface area contributed by atoms with Gasteiger partial charge in [-0.2, -0.15) is 0 Å². The van der Waals surface area contributed by atoms with Crippen molar-refractivity contribution in [3.8, 4) is 10.6 Å². The second kappa shape index (κ2) is 5.63. The van der Waals surface area contributed by atoms with Gasteiger partial charge >= 0.3 is 0 Å². The molecule has 0 unspecified atom stereocenters. The lowest BCUT2D eigenvalue weighted by atomic mass is 10.3. The summed E-state index contributed by atoms with van der Waals surface area (Å²) in [5.41, 5.74) is 0.484. The molecule has 5 nitrogen and oxygen atoms in total. The maximum atomic E-state index is 12.0. The van der Waals surface area contributed by atoms with Crippen molar-refractivity contribution >= 4 is 33.7 Å². The minimum Gasteiger partial charge on any atom is -0.328 e. The molecule has 0 radical (unpaired) electrons. The third-order valence-corrected chi connectivity index (χ3v) is 4.56. The summed E-state index contributed by atoms with van der Waals surface area (Å²) in [6, 6.07) is 7.12. The van der Waals surface area contributed by atoms with Gasteiger partial charge in [-0.1, -0.05) is 0 Å². The molecule has 0 bridgehead atoms. The zero-order chi connectivity index (χ0) is 14.8. The van der Waals surface area contributed by atoms with Crippen molar-refractivity contribution in [3.05, 3.63) is 56.6 Å². The fourth-order valence-corrected chi connectivity index (χ4v) is 3.39. The number of nitrogens with zero attached hydrogens (tertiary/aromatic N) is 1. The van der Waals surface area contributed by atoms with Gasteiger partial charge < -0.3 is 4.98 Å². The van der Waals surface area contributed by atoms with Crippen LogP contribution in [0, 0.1) is 6.92 Å². The minimum absolute atomic E-state index is 0.0706. The van der Waals surface area contributed by atoms with E-state index >= 15 is 0 Å². The van der Waals surface area contributed by atoms with Crippen LogP contribution >= 0.6 is 22.7 Å². The zero-order valence-corrected chi connectivity index (χ0v) is 12.7. The summed E-state index contributed by atoms with van der Waals surface area (Å²) >= 11 is 2.98. The number of aryl methyl sites for hydroxylation is 1. The van der Waals surface area contributed by atoms with E-state index in [1.807, 2.05) is 24.4 Å². The number of aromatic amines is 1. The summed E-state index contributed by atoms with van der Waals surface area (Å²) in [6.07, 6.45) is 1.49. The number of hydrogen-bond acceptors (Lipinski definition) is 5. The van der Waals surface area contributed by atoms with E-state index in [-0.39, 0.29) is 5.56 Å². The van der Waals surface area contributed by atoms with Crippen molar-refractivity contribution in [2.45, 2.75) is 6.92 Å². The number of carbonyl (C=O) groups excluding carboxylic acids is 1. The lowest BCUT2D eigenvalue weighted by Gasteiger charge is -1.99. The van der Waals surface area contributed by atoms with Gasteiger partial charge in [0, 0.05) is 16.5 Å². The van der Waals surface area contributed by atoms with Crippen LogP contribution in [0.3, 0.4) is 0 Å². The summed E-state index contributed by atoms with van der Waals surface area (Å²) in [4.78, 5) is 32.7. The molecule has 0 aliphatic heterocycles. The molecule has 0 fully saturated rings. The van der Waals surface area contributed by atoms with Crippen LogP contribution < -0.4 is 10.9 Å². The summed E-state index contributed by atoms with van der Waals surface area (Å²) in [5.74, 6) is -0.458. The van der Waals surface area contributed by atoms with Crippen LogP contribution in [0.15, 0.2) is 40.6 Å². The van der Waals surface area contributed by atoms with Crippen LogP contribution in [-0.4, -0.2) is 15.9 Å². The van der Waals surface area contributed by atoms with E-state index in [0.717, 1.165) is 10.6 Å².